The van der Waals surface area contributed by atoms with E-state index >= 15 is 0 Å². The van der Waals surface area contributed by atoms with Crippen molar-refractivity contribution in [1.82, 2.24) is 20.1 Å². The zero-order chi connectivity index (χ0) is 19.5. The molecule has 0 aliphatic carbocycles. The van der Waals surface area contributed by atoms with Crippen molar-refractivity contribution >= 4 is 22.4 Å². The van der Waals surface area contributed by atoms with Crippen LogP contribution < -0.4 is 10.6 Å². The third-order valence-corrected chi connectivity index (χ3v) is 5.98. The Morgan fingerprint density at radius 2 is 2.25 bits per heavy atom. The molecule has 1 aliphatic rings. The van der Waals surface area contributed by atoms with Gasteiger partial charge in [-0.25, -0.2) is 9.37 Å². The molecular formula is C20H22FN5OS. The van der Waals surface area contributed by atoms with E-state index in [4.69, 9.17) is 0 Å². The molecule has 1 saturated heterocycles. The zero-order valence-electron chi connectivity index (χ0n) is 15.6. The van der Waals surface area contributed by atoms with E-state index in [1.807, 2.05) is 23.9 Å². The fraction of sp³-hybridized carbons (Fsp3) is 0.350. The molecule has 4 rings (SSSR count). The average molecular weight is 399 g/mol. The van der Waals surface area contributed by atoms with Crippen LogP contribution in [0.5, 0.6) is 0 Å². The highest BCUT2D eigenvalue weighted by Gasteiger charge is 2.19. The first kappa shape index (κ1) is 18.8. The van der Waals surface area contributed by atoms with Gasteiger partial charge in [-0.05, 0) is 44.0 Å². The number of anilines is 1. The third kappa shape index (κ3) is 4.13. The number of nitrogens with zero attached hydrogens (tertiary/aromatic N) is 3. The van der Waals surface area contributed by atoms with Crippen LogP contribution in [-0.4, -0.2) is 33.8 Å². The molecule has 1 aliphatic heterocycles. The summed E-state index contributed by atoms with van der Waals surface area (Å²) in [5.41, 5.74) is 1.78. The summed E-state index contributed by atoms with van der Waals surface area (Å²) < 4.78 is 15.8. The molecule has 6 nitrogen and oxygen atoms in total. The first-order chi connectivity index (χ1) is 13.6. The maximum atomic E-state index is 13.9. The number of halogens is 1. The molecule has 1 unspecified atom stereocenters. The minimum absolute atomic E-state index is 0.233. The number of aryl methyl sites for hydroxylation is 1. The molecule has 28 heavy (non-hydrogen) atoms. The van der Waals surface area contributed by atoms with Gasteiger partial charge in [-0.1, -0.05) is 18.2 Å². The van der Waals surface area contributed by atoms with Crippen molar-refractivity contribution in [3.8, 4) is 0 Å². The molecule has 146 valence electrons. The quantitative estimate of drug-likeness (QED) is 0.688. The van der Waals surface area contributed by atoms with Crippen molar-refractivity contribution < 1.29 is 9.18 Å². The van der Waals surface area contributed by atoms with Crippen LogP contribution in [0.15, 0.2) is 36.5 Å². The first-order valence-corrected chi connectivity index (χ1v) is 10.2. The lowest BCUT2D eigenvalue weighted by Crippen LogP contribution is -2.32. The minimum Gasteiger partial charge on any atom is -0.315 e. The Hall–Kier alpha value is -2.58. The van der Waals surface area contributed by atoms with Gasteiger partial charge >= 0.3 is 0 Å². The lowest BCUT2D eigenvalue weighted by atomic mass is 10.1. The van der Waals surface area contributed by atoms with Crippen molar-refractivity contribution in [2.75, 3.05) is 18.4 Å². The number of benzene rings is 1. The second-order valence-electron chi connectivity index (χ2n) is 6.93. The molecule has 1 amide bonds. The van der Waals surface area contributed by atoms with Gasteiger partial charge in [0.2, 0.25) is 0 Å². The number of carbonyl (C=O) groups excluding carboxylic acids is 1. The van der Waals surface area contributed by atoms with Gasteiger partial charge in [-0.2, -0.15) is 5.10 Å². The number of amides is 1. The van der Waals surface area contributed by atoms with Crippen LogP contribution >= 0.6 is 11.3 Å². The molecule has 0 bridgehead atoms. The number of thiazole rings is 1. The summed E-state index contributed by atoms with van der Waals surface area (Å²) >= 11 is 1.37. The van der Waals surface area contributed by atoms with E-state index in [-0.39, 0.29) is 17.8 Å². The largest absolute Gasteiger partial charge is 0.315 e. The van der Waals surface area contributed by atoms with Crippen LogP contribution in [0.2, 0.25) is 0 Å². The number of hydrogen-bond acceptors (Lipinski definition) is 5. The van der Waals surface area contributed by atoms with E-state index in [2.05, 4.69) is 20.7 Å². The highest BCUT2D eigenvalue weighted by molar-refractivity contribution is 7.15. The molecule has 3 heterocycles. The zero-order valence-corrected chi connectivity index (χ0v) is 16.4. The first-order valence-electron chi connectivity index (χ1n) is 9.37. The van der Waals surface area contributed by atoms with Crippen LogP contribution in [0.4, 0.5) is 9.52 Å². The van der Waals surface area contributed by atoms with Crippen LogP contribution in [-0.2, 0) is 6.42 Å². The van der Waals surface area contributed by atoms with Crippen LogP contribution in [0.25, 0.3) is 0 Å². The lowest BCUT2D eigenvalue weighted by Gasteiger charge is -2.22. The van der Waals surface area contributed by atoms with Gasteiger partial charge < -0.3 is 5.32 Å². The summed E-state index contributed by atoms with van der Waals surface area (Å²) in [5, 5.41) is 11.1. The van der Waals surface area contributed by atoms with E-state index in [0.29, 0.717) is 22.8 Å². The molecule has 0 spiro atoms. The molecule has 1 atom stereocenters. The fourth-order valence-electron chi connectivity index (χ4n) is 3.34. The molecule has 3 aromatic rings. The molecular weight excluding hydrogens is 377 g/mol. The number of rotatable bonds is 5. The highest BCUT2D eigenvalue weighted by Crippen LogP contribution is 2.26. The third-order valence-electron chi connectivity index (χ3n) is 4.91. The standard InChI is InChI=1S/C20H22FN5OS/c1-13-18(11-14-5-2-3-7-16(14)21)28-20(23-13)24-19(27)17-8-10-26(25-17)15-6-4-9-22-12-15/h2-3,5,7-8,10,15,22H,4,6,9,11-12H2,1H3,(H,23,24,27). The predicted octanol–water partition coefficient (Wildman–Crippen LogP) is 3.55. The smallest absolute Gasteiger partial charge is 0.277 e. The Kier molecular flexibility index (Phi) is 5.50. The van der Waals surface area contributed by atoms with Gasteiger partial charge in [0, 0.05) is 24.0 Å². The summed E-state index contributed by atoms with van der Waals surface area (Å²) in [5.74, 6) is -0.516. The Morgan fingerprint density at radius 1 is 1.39 bits per heavy atom. The van der Waals surface area contributed by atoms with Gasteiger partial charge in [0.1, 0.15) is 5.82 Å². The second kappa shape index (κ2) is 8.20. The number of piperidine rings is 1. The predicted molar refractivity (Wildman–Crippen MR) is 107 cm³/mol. The minimum atomic E-state index is -0.284. The molecule has 8 heteroatoms. The summed E-state index contributed by atoms with van der Waals surface area (Å²) in [7, 11) is 0. The summed E-state index contributed by atoms with van der Waals surface area (Å²) in [6.45, 7) is 3.77. The van der Waals surface area contributed by atoms with Crippen molar-refractivity contribution in [2.45, 2.75) is 32.2 Å². The number of carbonyl (C=O) groups is 1. The molecule has 2 N–H and O–H groups in total. The summed E-state index contributed by atoms with van der Waals surface area (Å²) in [6, 6.07) is 8.71. The molecule has 1 aromatic carbocycles. The van der Waals surface area contributed by atoms with Crippen molar-refractivity contribution in [2.24, 2.45) is 0 Å². The lowest BCUT2D eigenvalue weighted by molar-refractivity contribution is 0.102. The van der Waals surface area contributed by atoms with Gasteiger partial charge in [0.05, 0.1) is 11.7 Å². The topological polar surface area (TPSA) is 71.8 Å². The number of aromatic nitrogens is 3. The second-order valence-corrected chi connectivity index (χ2v) is 8.01. The van der Waals surface area contributed by atoms with E-state index in [1.165, 1.54) is 17.4 Å². The van der Waals surface area contributed by atoms with E-state index in [0.717, 1.165) is 36.5 Å². The van der Waals surface area contributed by atoms with Crippen LogP contribution in [0.1, 0.15) is 45.5 Å². The van der Waals surface area contributed by atoms with Gasteiger partial charge in [0.15, 0.2) is 10.8 Å². The normalized spacial score (nSPS) is 16.9. The molecule has 0 radical (unpaired) electrons. The Balaban J connectivity index is 1.44. The Bertz CT molecular complexity index is 977. The van der Waals surface area contributed by atoms with Gasteiger partial charge in [0.25, 0.3) is 5.91 Å². The summed E-state index contributed by atoms with van der Waals surface area (Å²) in [6.07, 6.45) is 4.47. The van der Waals surface area contributed by atoms with Crippen molar-refractivity contribution in [1.29, 1.82) is 0 Å². The van der Waals surface area contributed by atoms with Gasteiger partial charge in [-0.15, -0.1) is 11.3 Å². The van der Waals surface area contributed by atoms with Crippen molar-refractivity contribution in [3.63, 3.8) is 0 Å². The van der Waals surface area contributed by atoms with Gasteiger partial charge in [-0.3, -0.25) is 14.8 Å². The monoisotopic (exact) mass is 399 g/mol. The molecule has 1 fully saturated rings. The summed E-state index contributed by atoms with van der Waals surface area (Å²) in [4.78, 5) is 17.9. The SMILES string of the molecule is Cc1nc(NC(=O)c2ccn(C3CCCNC3)n2)sc1Cc1ccccc1F. The molecule has 2 aromatic heterocycles. The Labute approximate surface area is 166 Å². The fourth-order valence-corrected chi connectivity index (χ4v) is 4.32. The number of nitrogens with one attached hydrogen (secondary N) is 2. The molecule has 0 saturated carbocycles. The number of hydrogen-bond donors (Lipinski definition) is 2. The van der Waals surface area contributed by atoms with Crippen molar-refractivity contribution in [3.05, 3.63) is 64.2 Å². The van der Waals surface area contributed by atoms with E-state index < -0.39 is 0 Å². The maximum Gasteiger partial charge on any atom is 0.277 e. The van der Waals surface area contributed by atoms with Crippen LogP contribution in [0.3, 0.4) is 0 Å². The average Bonchev–Trinajstić information content (AvgIpc) is 3.32. The highest BCUT2D eigenvalue weighted by atomic mass is 32.1. The maximum absolute atomic E-state index is 13.9. The van der Waals surface area contributed by atoms with E-state index in [1.54, 1.807) is 18.2 Å². The van der Waals surface area contributed by atoms with E-state index in [9.17, 15) is 9.18 Å². The van der Waals surface area contributed by atoms with Crippen LogP contribution in [0, 0.1) is 12.7 Å². The Morgan fingerprint density at radius 3 is 3.04 bits per heavy atom.